The van der Waals surface area contributed by atoms with Crippen LogP contribution in [0.4, 0.5) is 26.3 Å². The van der Waals surface area contributed by atoms with Crippen molar-refractivity contribution >= 4 is 5.57 Å². The lowest BCUT2D eigenvalue weighted by Crippen LogP contribution is -2.00. The fraction of sp³-hybridized carbons (Fsp3) is 0.111. The van der Waals surface area contributed by atoms with E-state index in [9.17, 15) is 26.3 Å². The van der Waals surface area contributed by atoms with Crippen LogP contribution in [-0.4, -0.2) is 6.43 Å². The second-order valence-corrected chi connectivity index (χ2v) is 2.62. The van der Waals surface area contributed by atoms with Crippen LogP contribution in [0.15, 0.2) is 18.5 Å². The van der Waals surface area contributed by atoms with Gasteiger partial charge in [-0.2, -0.15) is 0 Å². The van der Waals surface area contributed by atoms with E-state index >= 15 is 0 Å². The summed E-state index contributed by atoms with van der Waals surface area (Å²) in [7, 11) is 0. The van der Waals surface area contributed by atoms with Crippen LogP contribution in [-0.2, 0) is 0 Å². The van der Waals surface area contributed by atoms with Gasteiger partial charge in [0.15, 0.2) is 17.5 Å². The molecule has 0 aliphatic carbocycles. The summed E-state index contributed by atoms with van der Waals surface area (Å²) in [5.74, 6) is -5.08. The molecular formula is C9H4F6. The quantitative estimate of drug-likeness (QED) is 0.533. The molecule has 0 atom stereocenters. The van der Waals surface area contributed by atoms with E-state index in [2.05, 4.69) is 0 Å². The lowest BCUT2D eigenvalue weighted by molar-refractivity contribution is 0.213. The summed E-state index contributed by atoms with van der Waals surface area (Å²) in [6.07, 6.45) is -3.71. The molecule has 0 spiro atoms. The third-order valence-corrected chi connectivity index (χ3v) is 1.67. The van der Waals surface area contributed by atoms with Gasteiger partial charge in [-0.3, -0.25) is 0 Å². The van der Waals surface area contributed by atoms with Crippen molar-refractivity contribution in [1.29, 1.82) is 0 Å². The highest BCUT2D eigenvalue weighted by Crippen LogP contribution is 2.25. The van der Waals surface area contributed by atoms with Gasteiger partial charge in [-0.15, -0.1) is 0 Å². The molecule has 1 rings (SSSR count). The molecule has 0 bridgehead atoms. The molecule has 0 aliphatic rings. The Morgan fingerprint density at radius 3 is 1.87 bits per heavy atom. The van der Waals surface area contributed by atoms with Gasteiger partial charge in [0.25, 0.3) is 6.43 Å². The van der Waals surface area contributed by atoms with Gasteiger partial charge in [-0.25, -0.2) is 26.3 Å². The van der Waals surface area contributed by atoms with Crippen molar-refractivity contribution in [2.24, 2.45) is 0 Å². The standard InChI is InChI=1S/C9H4F6/c10-3-5(9(14)15)4-1-6(11)8(13)7(12)2-4/h1-3,9H. The van der Waals surface area contributed by atoms with Crippen LogP contribution in [0.25, 0.3) is 5.57 Å². The molecule has 0 amide bonds. The van der Waals surface area contributed by atoms with Gasteiger partial charge in [0.05, 0.1) is 11.9 Å². The molecule has 0 N–H and O–H groups in total. The van der Waals surface area contributed by atoms with Crippen LogP contribution in [0, 0.1) is 17.5 Å². The Bertz CT molecular complexity index is 373. The predicted molar refractivity (Wildman–Crippen MR) is 41.4 cm³/mol. The first-order valence-corrected chi connectivity index (χ1v) is 3.70. The van der Waals surface area contributed by atoms with E-state index in [0.29, 0.717) is 12.1 Å². The highest BCUT2D eigenvalue weighted by molar-refractivity contribution is 5.66. The minimum Gasteiger partial charge on any atom is -0.215 e. The molecule has 0 saturated heterocycles. The first-order valence-electron chi connectivity index (χ1n) is 3.70. The Morgan fingerprint density at radius 2 is 1.53 bits per heavy atom. The van der Waals surface area contributed by atoms with Gasteiger partial charge in [-0.05, 0) is 17.7 Å². The van der Waals surface area contributed by atoms with Gasteiger partial charge >= 0.3 is 0 Å². The second kappa shape index (κ2) is 4.37. The Labute approximate surface area is 80.8 Å². The SMILES string of the molecule is FC=C(c1cc(F)c(F)c(F)c1)C(F)F. The third kappa shape index (κ3) is 2.31. The highest BCUT2D eigenvalue weighted by atomic mass is 19.3. The molecular weight excluding hydrogens is 222 g/mol. The van der Waals surface area contributed by atoms with E-state index in [1.807, 2.05) is 0 Å². The molecule has 82 valence electrons. The summed E-state index contributed by atoms with van der Waals surface area (Å²) in [6.45, 7) is 0. The lowest BCUT2D eigenvalue weighted by Gasteiger charge is -2.05. The summed E-state index contributed by atoms with van der Waals surface area (Å²) >= 11 is 0. The summed E-state index contributed by atoms with van der Waals surface area (Å²) in [5, 5.41) is 0. The lowest BCUT2D eigenvalue weighted by atomic mass is 10.1. The Kier molecular flexibility index (Phi) is 3.39. The van der Waals surface area contributed by atoms with E-state index in [0.717, 1.165) is 0 Å². The van der Waals surface area contributed by atoms with E-state index < -0.39 is 41.3 Å². The second-order valence-electron chi connectivity index (χ2n) is 2.62. The molecule has 0 unspecified atom stereocenters. The Hall–Kier alpha value is -1.46. The minimum absolute atomic E-state index is 0.302. The zero-order valence-electron chi connectivity index (χ0n) is 7.08. The zero-order valence-corrected chi connectivity index (χ0v) is 7.08. The topological polar surface area (TPSA) is 0 Å². The van der Waals surface area contributed by atoms with Crippen molar-refractivity contribution in [1.82, 2.24) is 0 Å². The maximum atomic E-state index is 12.6. The van der Waals surface area contributed by atoms with Gasteiger partial charge in [0.2, 0.25) is 0 Å². The molecule has 0 radical (unpaired) electrons. The smallest absolute Gasteiger partial charge is 0.215 e. The molecule has 0 fully saturated rings. The van der Waals surface area contributed by atoms with Crippen molar-refractivity contribution < 1.29 is 26.3 Å². The first-order chi connectivity index (χ1) is 6.97. The van der Waals surface area contributed by atoms with Gasteiger partial charge in [-0.1, -0.05) is 0 Å². The summed E-state index contributed by atoms with van der Waals surface area (Å²) < 4.78 is 73.8. The molecule has 0 aliphatic heterocycles. The van der Waals surface area contributed by atoms with E-state index in [1.54, 1.807) is 0 Å². The molecule has 0 nitrogen and oxygen atoms in total. The van der Waals surface area contributed by atoms with Gasteiger partial charge in [0.1, 0.15) is 0 Å². The predicted octanol–water partition coefficient (Wildman–Crippen LogP) is 3.68. The third-order valence-electron chi connectivity index (χ3n) is 1.67. The van der Waals surface area contributed by atoms with Gasteiger partial charge < -0.3 is 0 Å². The van der Waals surface area contributed by atoms with Crippen molar-refractivity contribution in [3.63, 3.8) is 0 Å². The van der Waals surface area contributed by atoms with Crippen LogP contribution in [0.2, 0.25) is 0 Å². The fourth-order valence-corrected chi connectivity index (χ4v) is 0.959. The van der Waals surface area contributed by atoms with Crippen LogP contribution in [0.1, 0.15) is 5.56 Å². The van der Waals surface area contributed by atoms with E-state index in [4.69, 9.17) is 0 Å². The average molecular weight is 226 g/mol. The number of hydrogen-bond acceptors (Lipinski definition) is 0. The summed E-state index contributed by atoms with van der Waals surface area (Å²) in [4.78, 5) is 0. The highest BCUT2D eigenvalue weighted by Gasteiger charge is 2.18. The average Bonchev–Trinajstić information content (AvgIpc) is 2.14. The molecule has 6 heteroatoms. The monoisotopic (exact) mass is 226 g/mol. The Balaban J connectivity index is 3.28. The van der Waals surface area contributed by atoms with Crippen LogP contribution < -0.4 is 0 Å². The van der Waals surface area contributed by atoms with E-state index in [-0.39, 0.29) is 0 Å². The van der Waals surface area contributed by atoms with Crippen molar-refractivity contribution in [3.8, 4) is 0 Å². The number of benzene rings is 1. The molecule has 0 aromatic heterocycles. The number of allylic oxidation sites excluding steroid dienone is 1. The van der Waals surface area contributed by atoms with Crippen molar-refractivity contribution in [2.75, 3.05) is 0 Å². The summed E-state index contributed by atoms with van der Waals surface area (Å²) in [5.41, 5.74) is -1.93. The number of alkyl halides is 2. The van der Waals surface area contributed by atoms with Crippen molar-refractivity contribution in [3.05, 3.63) is 41.5 Å². The molecule has 1 aromatic rings. The van der Waals surface area contributed by atoms with Gasteiger partial charge in [0, 0.05) is 0 Å². The molecule has 0 saturated carbocycles. The normalized spacial score (nSPS) is 12.3. The van der Waals surface area contributed by atoms with Crippen molar-refractivity contribution in [2.45, 2.75) is 6.43 Å². The largest absolute Gasteiger partial charge is 0.266 e. The first kappa shape index (κ1) is 11.6. The Morgan fingerprint density at radius 1 is 1.07 bits per heavy atom. The molecule has 1 aromatic carbocycles. The number of halogens is 6. The van der Waals surface area contributed by atoms with E-state index in [1.165, 1.54) is 0 Å². The van der Waals surface area contributed by atoms with Crippen LogP contribution >= 0.6 is 0 Å². The molecule has 15 heavy (non-hydrogen) atoms. The zero-order chi connectivity index (χ0) is 11.6. The van der Waals surface area contributed by atoms with Crippen LogP contribution in [0.5, 0.6) is 0 Å². The summed E-state index contributed by atoms with van der Waals surface area (Å²) in [6, 6.07) is 0.603. The minimum atomic E-state index is -3.24. The number of rotatable bonds is 2. The number of hydrogen-bond donors (Lipinski definition) is 0. The van der Waals surface area contributed by atoms with Crippen LogP contribution in [0.3, 0.4) is 0 Å². The molecule has 0 heterocycles. The fourth-order valence-electron chi connectivity index (χ4n) is 0.959. The maximum Gasteiger partial charge on any atom is 0.266 e. The maximum absolute atomic E-state index is 12.6.